The Balaban J connectivity index is 2.34. The van der Waals surface area contributed by atoms with E-state index in [0.29, 0.717) is 0 Å². The van der Waals surface area contributed by atoms with Crippen molar-refractivity contribution in [3.05, 3.63) is 53.1 Å². The van der Waals surface area contributed by atoms with Gasteiger partial charge in [-0.15, -0.1) is 0 Å². The van der Waals surface area contributed by atoms with Gasteiger partial charge in [0.25, 0.3) is 0 Å². The van der Waals surface area contributed by atoms with Gasteiger partial charge in [-0.2, -0.15) is 0 Å². The second-order valence-corrected chi connectivity index (χ2v) is 5.42. The lowest BCUT2D eigenvalue weighted by molar-refractivity contribution is 0.448. The lowest BCUT2D eigenvalue weighted by Gasteiger charge is -2.28. The largest absolute Gasteiger partial charge is 0.508 e. The first-order chi connectivity index (χ1) is 9.36. The van der Waals surface area contributed by atoms with Gasteiger partial charge >= 0.3 is 0 Å². The molecule has 0 spiro atoms. The molecule has 3 heteroatoms. The molecule has 0 aliphatic carbocycles. The maximum Gasteiger partial charge on any atom is 0.119 e. The number of rotatable bonds is 3. The Morgan fingerprint density at radius 1 is 0.850 bits per heavy atom. The SMILES string of the molecule is Cc1cc(C)cc(N(C)C(C)c2cc(O)cc(O)c2)c1. The predicted molar refractivity (Wildman–Crippen MR) is 82.5 cm³/mol. The molecule has 0 saturated carbocycles. The molecule has 0 amide bonds. The molecule has 2 N–H and O–H groups in total. The molecule has 0 aromatic heterocycles. The molecule has 1 unspecified atom stereocenters. The molecule has 20 heavy (non-hydrogen) atoms. The molecule has 0 fully saturated rings. The van der Waals surface area contributed by atoms with Crippen LogP contribution in [0.25, 0.3) is 0 Å². The molecular weight excluding hydrogens is 250 g/mol. The average Bonchev–Trinajstić information content (AvgIpc) is 2.34. The normalized spacial score (nSPS) is 12.2. The fourth-order valence-electron chi connectivity index (χ4n) is 2.46. The van der Waals surface area contributed by atoms with Gasteiger partial charge in [-0.1, -0.05) is 6.07 Å². The van der Waals surface area contributed by atoms with E-state index in [1.807, 2.05) is 14.0 Å². The molecule has 0 saturated heterocycles. The standard InChI is InChI=1S/C17H21NO2/c1-11-5-12(2)7-15(6-11)18(4)13(3)14-8-16(19)10-17(20)9-14/h5-10,13,19-20H,1-4H3. The van der Waals surface area contributed by atoms with Crippen LogP contribution in [0.2, 0.25) is 0 Å². The predicted octanol–water partition coefficient (Wildman–Crippen LogP) is 3.91. The number of aromatic hydroxyl groups is 2. The highest BCUT2D eigenvalue weighted by Crippen LogP contribution is 2.31. The molecule has 0 aliphatic rings. The molecule has 3 nitrogen and oxygen atoms in total. The number of phenols is 2. The van der Waals surface area contributed by atoms with Gasteiger partial charge in [0, 0.05) is 18.8 Å². The molecule has 0 radical (unpaired) electrons. The summed E-state index contributed by atoms with van der Waals surface area (Å²) in [5.74, 6) is 0.168. The quantitative estimate of drug-likeness (QED) is 0.889. The summed E-state index contributed by atoms with van der Waals surface area (Å²) in [7, 11) is 2.01. The number of nitrogens with zero attached hydrogens (tertiary/aromatic N) is 1. The first kappa shape index (κ1) is 14.3. The van der Waals surface area contributed by atoms with Crippen molar-refractivity contribution in [3.63, 3.8) is 0 Å². The number of anilines is 1. The van der Waals surface area contributed by atoms with E-state index >= 15 is 0 Å². The van der Waals surface area contributed by atoms with E-state index < -0.39 is 0 Å². The van der Waals surface area contributed by atoms with E-state index in [-0.39, 0.29) is 17.5 Å². The Hall–Kier alpha value is -2.16. The third-order valence-corrected chi connectivity index (χ3v) is 3.60. The van der Waals surface area contributed by atoms with E-state index in [9.17, 15) is 10.2 Å². The van der Waals surface area contributed by atoms with Crippen molar-refractivity contribution < 1.29 is 10.2 Å². The van der Waals surface area contributed by atoms with Crippen molar-refractivity contribution in [1.82, 2.24) is 0 Å². The third-order valence-electron chi connectivity index (χ3n) is 3.60. The summed E-state index contributed by atoms with van der Waals surface area (Å²) < 4.78 is 0. The lowest BCUT2D eigenvalue weighted by Crippen LogP contribution is -2.21. The van der Waals surface area contributed by atoms with Gasteiger partial charge in [-0.05, 0) is 61.7 Å². The van der Waals surface area contributed by atoms with Crippen LogP contribution >= 0.6 is 0 Å². The van der Waals surface area contributed by atoms with Crippen LogP contribution in [0.4, 0.5) is 5.69 Å². The van der Waals surface area contributed by atoms with Crippen LogP contribution in [-0.4, -0.2) is 17.3 Å². The summed E-state index contributed by atoms with van der Waals surface area (Å²) in [4.78, 5) is 2.13. The summed E-state index contributed by atoms with van der Waals surface area (Å²) in [5.41, 5.74) is 4.44. The van der Waals surface area contributed by atoms with Crippen LogP contribution in [0.15, 0.2) is 36.4 Å². The van der Waals surface area contributed by atoms with Gasteiger partial charge < -0.3 is 15.1 Å². The third kappa shape index (κ3) is 3.05. The first-order valence-corrected chi connectivity index (χ1v) is 6.71. The first-order valence-electron chi connectivity index (χ1n) is 6.71. The highest BCUT2D eigenvalue weighted by atomic mass is 16.3. The number of phenolic OH excluding ortho intramolecular Hbond substituents is 2. The van der Waals surface area contributed by atoms with E-state index in [4.69, 9.17) is 0 Å². The van der Waals surface area contributed by atoms with Crippen LogP contribution in [0.5, 0.6) is 11.5 Å². The van der Waals surface area contributed by atoms with Crippen molar-refractivity contribution in [2.45, 2.75) is 26.8 Å². The van der Waals surface area contributed by atoms with Crippen LogP contribution in [0, 0.1) is 13.8 Å². The van der Waals surface area contributed by atoms with Crippen molar-refractivity contribution in [2.75, 3.05) is 11.9 Å². The van der Waals surface area contributed by atoms with E-state index in [0.717, 1.165) is 11.3 Å². The Labute approximate surface area is 120 Å². The molecule has 0 aliphatic heterocycles. The topological polar surface area (TPSA) is 43.7 Å². The smallest absolute Gasteiger partial charge is 0.119 e. The van der Waals surface area contributed by atoms with Gasteiger partial charge in [0.2, 0.25) is 0 Å². The van der Waals surface area contributed by atoms with E-state index in [1.54, 1.807) is 12.1 Å². The monoisotopic (exact) mass is 271 g/mol. The molecular formula is C17H21NO2. The molecule has 106 valence electrons. The van der Waals surface area contributed by atoms with Crippen LogP contribution in [0.3, 0.4) is 0 Å². The average molecular weight is 271 g/mol. The Morgan fingerprint density at radius 2 is 1.35 bits per heavy atom. The Morgan fingerprint density at radius 3 is 1.85 bits per heavy atom. The Bertz CT molecular complexity index is 526. The van der Waals surface area contributed by atoms with Crippen LogP contribution in [-0.2, 0) is 0 Å². The second kappa shape index (κ2) is 5.45. The van der Waals surface area contributed by atoms with Crippen molar-refractivity contribution >= 4 is 5.69 Å². The zero-order valence-corrected chi connectivity index (χ0v) is 12.4. The lowest BCUT2D eigenvalue weighted by atomic mass is 10.0. The highest BCUT2D eigenvalue weighted by Gasteiger charge is 2.14. The molecule has 2 aromatic rings. The van der Waals surface area contributed by atoms with Gasteiger partial charge in [0.1, 0.15) is 11.5 Å². The van der Waals surface area contributed by atoms with Crippen molar-refractivity contribution in [3.8, 4) is 11.5 Å². The Kier molecular flexibility index (Phi) is 3.89. The maximum atomic E-state index is 9.60. The summed E-state index contributed by atoms with van der Waals surface area (Å²) in [6.45, 7) is 6.20. The minimum Gasteiger partial charge on any atom is -0.508 e. The second-order valence-electron chi connectivity index (χ2n) is 5.42. The van der Waals surface area contributed by atoms with Gasteiger partial charge in [0.05, 0.1) is 6.04 Å². The number of benzene rings is 2. The van der Waals surface area contributed by atoms with Gasteiger partial charge in [-0.3, -0.25) is 0 Å². The highest BCUT2D eigenvalue weighted by molar-refractivity contribution is 5.53. The number of hydrogen-bond acceptors (Lipinski definition) is 3. The number of aryl methyl sites for hydroxylation is 2. The van der Waals surface area contributed by atoms with Crippen molar-refractivity contribution in [1.29, 1.82) is 0 Å². The minimum atomic E-state index is 0.0502. The van der Waals surface area contributed by atoms with Gasteiger partial charge in [-0.25, -0.2) is 0 Å². The fraction of sp³-hybridized carbons (Fsp3) is 0.294. The zero-order valence-electron chi connectivity index (χ0n) is 12.4. The maximum absolute atomic E-state index is 9.60. The van der Waals surface area contributed by atoms with Crippen LogP contribution < -0.4 is 4.90 Å². The van der Waals surface area contributed by atoms with E-state index in [1.165, 1.54) is 17.2 Å². The van der Waals surface area contributed by atoms with Gasteiger partial charge in [0.15, 0.2) is 0 Å². The molecule has 1 atom stereocenters. The van der Waals surface area contributed by atoms with Crippen molar-refractivity contribution in [2.24, 2.45) is 0 Å². The molecule has 0 bridgehead atoms. The fourth-order valence-corrected chi connectivity index (χ4v) is 2.46. The molecule has 2 rings (SSSR count). The summed E-state index contributed by atoms with van der Waals surface area (Å²) in [6, 6.07) is 11.2. The zero-order chi connectivity index (χ0) is 14.9. The number of hydrogen-bond donors (Lipinski definition) is 2. The summed E-state index contributed by atoms with van der Waals surface area (Å²) in [6.07, 6.45) is 0. The van der Waals surface area contributed by atoms with Crippen LogP contribution in [0.1, 0.15) is 29.7 Å². The summed E-state index contributed by atoms with van der Waals surface area (Å²) >= 11 is 0. The summed E-state index contributed by atoms with van der Waals surface area (Å²) in [5, 5.41) is 19.2. The minimum absolute atomic E-state index is 0.0502. The molecule has 2 aromatic carbocycles. The van der Waals surface area contributed by atoms with E-state index in [2.05, 4.69) is 36.9 Å². The molecule has 0 heterocycles.